The molecule has 3 atom stereocenters. The van der Waals surface area contributed by atoms with E-state index in [1.807, 2.05) is 12.1 Å². The van der Waals surface area contributed by atoms with Crippen molar-refractivity contribution >= 4 is 22.4 Å². The molecule has 6 rings (SSSR count). The second-order valence-electron chi connectivity index (χ2n) is 7.28. The van der Waals surface area contributed by atoms with Crippen molar-refractivity contribution in [2.24, 2.45) is 5.92 Å². The Kier molecular flexibility index (Phi) is 2.47. The maximum Gasteiger partial charge on any atom is 0.259 e. The minimum atomic E-state index is 0.155. The molecule has 0 aromatic heterocycles. The van der Waals surface area contributed by atoms with Gasteiger partial charge in [-0.25, -0.2) is 0 Å². The van der Waals surface area contributed by atoms with Crippen LogP contribution in [0.4, 0.5) is 5.69 Å². The van der Waals surface area contributed by atoms with Gasteiger partial charge in [0.05, 0.1) is 6.04 Å². The molecule has 2 heterocycles. The van der Waals surface area contributed by atoms with Gasteiger partial charge in [-0.05, 0) is 46.4 Å². The standard InChI is InChI=1S/C23H17NO/c25-23-19-9-4-3-8-18(19)22-17-11-5-10-16(17)21-15-7-2-1-6-14(15)12-13-20(21)24(22)23/h1-10,12-13,16-17,22H,11H2/t16-,17+,22+/m1/s1. The van der Waals surface area contributed by atoms with Crippen LogP contribution < -0.4 is 4.90 Å². The van der Waals surface area contributed by atoms with Gasteiger partial charge in [-0.1, -0.05) is 60.7 Å². The molecule has 1 amide bonds. The van der Waals surface area contributed by atoms with Gasteiger partial charge in [0, 0.05) is 17.2 Å². The van der Waals surface area contributed by atoms with Crippen LogP contribution >= 0.6 is 0 Å². The molecular weight excluding hydrogens is 306 g/mol. The van der Waals surface area contributed by atoms with Crippen molar-refractivity contribution in [2.45, 2.75) is 18.4 Å². The lowest BCUT2D eigenvalue weighted by atomic mass is 9.75. The SMILES string of the molecule is O=C1c2ccccc2[C@@H]2[C@H]3CC=C[C@H]3c3c(ccc4ccccc34)N12. The monoisotopic (exact) mass is 323 g/mol. The molecule has 3 aromatic carbocycles. The van der Waals surface area contributed by atoms with Gasteiger partial charge in [-0.3, -0.25) is 4.79 Å². The van der Waals surface area contributed by atoms with Crippen molar-refractivity contribution in [1.29, 1.82) is 0 Å². The largest absolute Gasteiger partial charge is 0.300 e. The van der Waals surface area contributed by atoms with Crippen molar-refractivity contribution in [3.05, 3.63) is 89.5 Å². The molecule has 25 heavy (non-hydrogen) atoms. The number of rotatable bonds is 0. The normalized spacial score (nSPS) is 25.7. The molecule has 0 radical (unpaired) electrons. The maximum atomic E-state index is 13.2. The highest BCUT2D eigenvalue weighted by Crippen LogP contribution is 2.57. The fourth-order valence-corrected chi connectivity index (χ4v) is 5.18. The minimum absolute atomic E-state index is 0.155. The number of hydrogen-bond acceptors (Lipinski definition) is 1. The Morgan fingerprint density at radius 3 is 2.72 bits per heavy atom. The Morgan fingerprint density at radius 1 is 0.920 bits per heavy atom. The first kappa shape index (κ1) is 13.4. The molecule has 0 bridgehead atoms. The summed E-state index contributed by atoms with van der Waals surface area (Å²) in [6, 6.07) is 21.2. The van der Waals surface area contributed by atoms with Gasteiger partial charge < -0.3 is 4.90 Å². The van der Waals surface area contributed by atoms with Gasteiger partial charge >= 0.3 is 0 Å². The van der Waals surface area contributed by atoms with Crippen molar-refractivity contribution in [3.63, 3.8) is 0 Å². The fraction of sp³-hybridized carbons (Fsp3) is 0.174. The molecule has 0 unspecified atom stereocenters. The molecule has 120 valence electrons. The van der Waals surface area contributed by atoms with Crippen LogP contribution in [0.1, 0.15) is 39.9 Å². The van der Waals surface area contributed by atoms with E-state index in [0.29, 0.717) is 11.8 Å². The summed E-state index contributed by atoms with van der Waals surface area (Å²) in [7, 11) is 0. The van der Waals surface area contributed by atoms with Crippen molar-refractivity contribution in [2.75, 3.05) is 4.90 Å². The summed E-state index contributed by atoms with van der Waals surface area (Å²) in [5.74, 6) is 0.981. The highest BCUT2D eigenvalue weighted by Gasteiger charge is 2.49. The smallest absolute Gasteiger partial charge is 0.259 e. The summed E-state index contributed by atoms with van der Waals surface area (Å²) in [6.45, 7) is 0. The van der Waals surface area contributed by atoms with E-state index in [1.165, 1.54) is 21.9 Å². The van der Waals surface area contributed by atoms with E-state index in [9.17, 15) is 4.79 Å². The molecule has 0 saturated carbocycles. The molecule has 0 spiro atoms. The van der Waals surface area contributed by atoms with E-state index >= 15 is 0 Å². The zero-order valence-electron chi connectivity index (χ0n) is 13.7. The molecular formula is C23H17NO. The quantitative estimate of drug-likeness (QED) is 0.520. The molecule has 0 saturated heterocycles. The predicted octanol–water partition coefficient (Wildman–Crippen LogP) is 5.21. The number of nitrogens with zero attached hydrogens (tertiary/aromatic N) is 1. The Balaban J connectivity index is 1.69. The zero-order chi connectivity index (χ0) is 16.5. The number of anilines is 1. The Bertz CT molecular complexity index is 1080. The number of allylic oxidation sites excluding steroid dienone is 2. The van der Waals surface area contributed by atoms with Crippen LogP contribution in [-0.2, 0) is 0 Å². The van der Waals surface area contributed by atoms with Crippen LogP contribution in [0.5, 0.6) is 0 Å². The van der Waals surface area contributed by atoms with Crippen molar-refractivity contribution in [3.8, 4) is 0 Å². The van der Waals surface area contributed by atoms with Crippen molar-refractivity contribution in [1.82, 2.24) is 0 Å². The highest BCUT2D eigenvalue weighted by atomic mass is 16.2. The van der Waals surface area contributed by atoms with Crippen LogP contribution in [-0.4, -0.2) is 5.91 Å². The van der Waals surface area contributed by atoms with Gasteiger partial charge in [-0.15, -0.1) is 0 Å². The average Bonchev–Trinajstić information content (AvgIpc) is 3.25. The Labute approximate surface area is 146 Å². The summed E-state index contributed by atoms with van der Waals surface area (Å²) in [5.41, 5.74) is 4.50. The van der Waals surface area contributed by atoms with Crippen LogP contribution in [0.25, 0.3) is 10.8 Å². The minimum Gasteiger partial charge on any atom is -0.300 e. The lowest BCUT2D eigenvalue weighted by Gasteiger charge is -2.41. The summed E-state index contributed by atoms with van der Waals surface area (Å²) < 4.78 is 0. The summed E-state index contributed by atoms with van der Waals surface area (Å²) in [6.07, 6.45) is 5.70. The van der Waals surface area contributed by atoms with Gasteiger partial charge in [0.2, 0.25) is 0 Å². The summed E-state index contributed by atoms with van der Waals surface area (Å²) in [4.78, 5) is 15.3. The first-order chi connectivity index (χ1) is 12.3. The van der Waals surface area contributed by atoms with Crippen LogP contribution in [0.3, 0.4) is 0 Å². The second kappa shape index (κ2) is 4.60. The molecule has 0 N–H and O–H groups in total. The topological polar surface area (TPSA) is 20.3 Å². The number of hydrogen-bond donors (Lipinski definition) is 0. The molecule has 2 nitrogen and oxygen atoms in total. The Hall–Kier alpha value is -2.87. The van der Waals surface area contributed by atoms with E-state index in [-0.39, 0.29) is 11.9 Å². The first-order valence-corrected chi connectivity index (χ1v) is 8.95. The lowest BCUT2D eigenvalue weighted by molar-refractivity contribution is 0.0981. The molecule has 0 fully saturated rings. The number of carbonyl (C=O) groups is 1. The first-order valence-electron chi connectivity index (χ1n) is 8.95. The Morgan fingerprint density at radius 2 is 1.76 bits per heavy atom. The van der Waals surface area contributed by atoms with Gasteiger partial charge in [0.25, 0.3) is 5.91 Å². The van der Waals surface area contributed by atoms with Gasteiger partial charge in [0.15, 0.2) is 0 Å². The second-order valence-corrected chi connectivity index (χ2v) is 7.28. The zero-order valence-corrected chi connectivity index (χ0v) is 13.7. The maximum absolute atomic E-state index is 13.2. The molecule has 3 aromatic rings. The van der Waals surface area contributed by atoms with Crippen LogP contribution in [0.15, 0.2) is 72.8 Å². The third-order valence-electron chi connectivity index (χ3n) is 6.17. The number of amides is 1. The third kappa shape index (κ3) is 1.57. The predicted molar refractivity (Wildman–Crippen MR) is 99.9 cm³/mol. The van der Waals surface area contributed by atoms with Crippen LogP contribution in [0, 0.1) is 5.92 Å². The fourth-order valence-electron chi connectivity index (χ4n) is 5.18. The van der Waals surface area contributed by atoms with E-state index in [0.717, 1.165) is 17.7 Å². The molecule has 3 aliphatic rings. The summed E-state index contributed by atoms with van der Waals surface area (Å²) >= 11 is 0. The van der Waals surface area contributed by atoms with Gasteiger partial charge in [0.1, 0.15) is 0 Å². The number of fused-ring (bicyclic) bond motifs is 10. The average molecular weight is 323 g/mol. The van der Waals surface area contributed by atoms with Gasteiger partial charge in [-0.2, -0.15) is 0 Å². The van der Waals surface area contributed by atoms with Crippen molar-refractivity contribution < 1.29 is 4.79 Å². The lowest BCUT2D eigenvalue weighted by Crippen LogP contribution is -2.38. The highest BCUT2D eigenvalue weighted by molar-refractivity contribution is 6.13. The number of benzene rings is 3. The molecule has 2 aliphatic heterocycles. The molecule has 2 heteroatoms. The van der Waals surface area contributed by atoms with E-state index in [1.54, 1.807) is 0 Å². The van der Waals surface area contributed by atoms with E-state index < -0.39 is 0 Å². The van der Waals surface area contributed by atoms with Crippen LogP contribution in [0.2, 0.25) is 0 Å². The number of carbonyl (C=O) groups excluding carboxylic acids is 1. The van der Waals surface area contributed by atoms with E-state index in [4.69, 9.17) is 0 Å². The summed E-state index contributed by atoms with van der Waals surface area (Å²) in [5, 5.41) is 2.53. The van der Waals surface area contributed by atoms with E-state index in [2.05, 4.69) is 65.6 Å². The third-order valence-corrected chi connectivity index (χ3v) is 6.17. The molecule has 1 aliphatic carbocycles.